The highest BCUT2D eigenvalue weighted by molar-refractivity contribution is 7.91. The summed E-state index contributed by atoms with van der Waals surface area (Å²) in [7, 11) is -1.70. The smallest absolute Gasteiger partial charge is 0.207 e. The summed E-state index contributed by atoms with van der Waals surface area (Å²) in [5.74, 6) is 0. The molecule has 0 spiro atoms. The third-order valence-corrected chi connectivity index (χ3v) is 8.23. The maximum atomic E-state index is 13.5. The first-order valence-electron chi connectivity index (χ1n) is 11.2. The van der Waals surface area contributed by atoms with E-state index in [1.807, 2.05) is 44.3 Å². The van der Waals surface area contributed by atoms with Crippen LogP contribution in [-0.4, -0.2) is 27.9 Å². The number of nitrogens with zero attached hydrogens (tertiary/aromatic N) is 3. The zero-order valence-electron chi connectivity index (χ0n) is 19.2. The van der Waals surface area contributed by atoms with E-state index in [1.54, 1.807) is 30.6 Å². The van der Waals surface area contributed by atoms with Crippen molar-refractivity contribution in [3.05, 3.63) is 97.1 Å². The van der Waals surface area contributed by atoms with Gasteiger partial charge in [0, 0.05) is 59.4 Å². The van der Waals surface area contributed by atoms with Gasteiger partial charge in [-0.2, -0.15) is 0 Å². The molecule has 35 heavy (non-hydrogen) atoms. The first-order chi connectivity index (χ1) is 16.9. The summed E-state index contributed by atoms with van der Waals surface area (Å²) < 4.78 is 29.0. The summed E-state index contributed by atoms with van der Waals surface area (Å²) in [5, 5.41) is 1.64. The van der Waals surface area contributed by atoms with Gasteiger partial charge in [0.2, 0.25) is 9.84 Å². The van der Waals surface area contributed by atoms with Crippen molar-refractivity contribution in [1.82, 2.24) is 19.5 Å². The lowest BCUT2D eigenvalue weighted by molar-refractivity contribution is 0.597. The molecule has 0 fully saturated rings. The molecule has 0 saturated carbocycles. The van der Waals surface area contributed by atoms with Crippen LogP contribution in [0.2, 0.25) is 0 Å². The monoisotopic (exact) mass is 478 g/mol. The molecule has 4 heterocycles. The zero-order chi connectivity index (χ0) is 24.2. The second-order valence-electron chi connectivity index (χ2n) is 8.69. The second kappa shape index (κ2) is 7.92. The van der Waals surface area contributed by atoms with Crippen LogP contribution in [0.5, 0.6) is 0 Å². The fraction of sp³-hybridized carbons (Fsp3) is 0.0714. The molecule has 0 bridgehead atoms. The molecular weight excluding hydrogens is 456 g/mol. The minimum absolute atomic E-state index is 0.242. The van der Waals surface area contributed by atoms with E-state index >= 15 is 0 Å². The summed E-state index contributed by atoms with van der Waals surface area (Å²) in [4.78, 5) is 12.4. The molecule has 6 rings (SSSR count). The van der Waals surface area contributed by atoms with Crippen LogP contribution in [0, 0.1) is 6.92 Å². The number of nitrogens with one attached hydrogen (secondary N) is 1. The van der Waals surface area contributed by atoms with Gasteiger partial charge in [-0.25, -0.2) is 13.4 Å². The first kappa shape index (κ1) is 21.3. The molecule has 0 aliphatic rings. The zero-order valence-corrected chi connectivity index (χ0v) is 20.0. The van der Waals surface area contributed by atoms with E-state index in [0.717, 1.165) is 38.9 Å². The highest BCUT2D eigenvalue weighted by Crippen LogP contribution is 2.36. The Hall–Kier alpha value is -4.23. The van der Waals surface area contributed by atoms with Gasteiger partial charge in [0.1, 0.15) is 5.65 Å². The summed E-state index contributed by atoms with van der Waals surface area (Å²) >= 11 is 0. The van der Waals surface area contributed by atoms with Crippen LogP contribution in [0.3, 0.4) is 0 Å². The second-order valence-corrected chi connectivity index (χ2v) is 10.6. The van der Waals surface area contributed by atoms with Crippen LogP contribution >= 0.6 is 0 Å². The Morgan fingerprint density at radius 2 is 1.60 bits per heavy atom. The summed E-state index contributed by atoms with van der Waals surface area (Å²) in [5.41, 5.74) is 6.60. The van der Waals surface area contributed by atoms with Crippen molar-refractivity contribution < 1.29 is 8.42 Å². The molecule has 4 aromatic heterocycles. The number of hydrogen-bond donors (Lipinski definition) is 1. The van der Waals surface area contributed by atoms with Gasteiger partial charge in [-0.3, -0.25) is 4.98 Å². The Bertz CT molecular complexity index is 1820. The number of aryl methyl sites for hydroxylation is 2. The van der Waals surface area contributed by atoms with Crippen LogP contribution in [0.1, 0.15) is 5.56 Å². The van der Waals surface area contributed by atoms with Gasteiger partial charge >= 0.3 is 0 Å². The summed E-state index contributed by atoms with van der Waals surface area (Å²) in [6, 6.07) is 20.7. The van der Waals surface area contributed by atoms with Crippen molar-refractivity contribution in [2.75, 3.05) is 0 Å². The van der Waals surface area contributed by atoms with Crippen LogP contribution < -0.4 is 0 Å². The van der Waals surface area contributed by atoms with Gasteiger partial charge in [0.15, 0.2) is 0 Å². The molecule has 0 aliphatic heterocycles. The minimum Gasteiger partial charge on any atom is -0.350 e. The molecule has 6 aromatic rings. The van der Waals surface area contributed by atoms with Gasteiger partial charge in [-0.15, -0.1) is 0 Å². The Balaban J connectivity index is 1.53. The Kier molecular flexibility index (Phi) is 4.82. The minimum atomic E-state index is -3.70. The number of rotatable bonds is 4. The molecule has 6 nitrogen and oxygen atoms in total. The Morgan fingerprint density at radius 3 is 2.37 bits per heavy atom. The van der Waals surface area contributed by atoms with Crippen LogP contribution in [0.25, 0.3) is 44.3 Å². The largest absolute Gasteiger partial charge is 0.350 e. The van der Waals surface area contributed by atoms with E-state index in [4.69, 9.17) is 0 Å². The van der Waals surface area contributed by atoms with E-state index in [-0.39, 0.29) is 9.79 Å². The average molecular weight is 479 g/mol. The predicted molar refractivity (Wildman–Crippen MR) is 138 cm³/mol. The number of sulfone groups is 1. The van der Waals surface area contributed by atoms with Crippen LogP contribution in [-0.2, 0) is 16.9 Å². The lowest BCUT2D eigenvalue weighted by Gasteiger charge is -2.06. The van der Waals surface area contributed by atoms with Crippen LogP contribution in [0.15, 0.2) is 101 Å². The molecule has 0 aliphatic carbocycles. The van der Waals surface area contributed by atoms with E-state index in [9.17, 15) is 8.42 Å². The molecule has 0 amide bonds. The highest BCUT2D eigenvalue weighted by Gasteiger charge is 2.23. The standard InChI is InChI=1S/C28H22N4O2S/c1-18-3-6-21(7-4-18)35(33,34)27-11-14-30-28-23(27)16-25(31-28)24-17-32(2)26-8-5-20(15-22(24)26)19-9-12-29-13-10-19/h3-17H,1-2H3,(H,30,31). The molecular formula is C28H22N4O2S. The number of aromatic nitrogens is 4. The van der Waals surface area contributed by atoms with Gasteiger partial charge in [-0.1, -0.05) is 23.8 Å². The van der Waals surface area contributed by atoms with Crippen molar-refractivity contribution in [1.29, 1.82) is 0 Å². The molecule has 2 aromatic carbocycles. The van der Waals surface area contributed by atoms with E-state index in [2.05, 4.69) is 43.9 Å². The molecule has 0 radical (unpaired) electrons. The lowest BCUT2D eigenvalue weighted by Crippen LogP contribution is -2.02. The van der Waals surface area contributed by atoms with Gasteiger partial charge in [0.05, 0.1) is 9.79 Å². The normalized spacial score (nSPS) is 11.9. The Labute approximate surface area is 202 Å². The molecule has 1 N–H and O–H groups in total. The van der Waals surface area contributed by atoms with Crippen molar-refractivity contribution in [3.8, 4) is 22.4 Å². The SMILES string of the molecule is Cc1ccc(S(=O)(=O)c2ccnc3[nH]c(-c4cn(C)c5ccc(-c6ccncc6)cc45)cc23)cc1. The fourth-order valence-corrected chi connectivity index (χ4v) is 5.99. The van der Waals surface area contributed by atoms with Gasteiger partial charge in [-0.05, 0) is 66.6 Å². The maximum Gasteiger partial charge on any atom is 0.207 e. The number of aromatic amines is 1. The van der Waals surface area contributed by atoms with Crippen LogP contribution in [0.4, 0.5) is 0 Å². The van der Waals surface area contributed by atoms with E-state index in [0.29, 0.717) is 11.0 Å². The van der Waals surface area contributed by atoms with Gasteiger partial charge in [0.25, 0.3) is 0 Å². The third-order valence-electron chi connectivity index (χ3n) is 6.41. The van der Waals surface area contributed by atoms with Crippen molar-refractivity contribution >= 4 is 31.8 Å². The number of hydrogen-bond acceptors (Lipinski definition) is 4. The third kappa shape index (κ3) is 3.52. The fourth-order valence-electron chi connectivity index (χ4n) is 4.56. The Morgan fingerprint density at radius 1 is 0.829 bits per heavy atom. The quantitative estimate of drug-likeness (QED) is 0.341. The first-order valence-corrected chi connectivity index (χ1v) is 12.7. The van der Waals surface area contributed by atoms with Crippen molar-refractivity contribution in [2.24, 2.45) is 7.05 Å². The van der Waals surface area contributed by atoms with Crippen molar-refractivity contribution in [2.45, 2.75) is 16.7 Å². The van der Waals surface area contributed by atoms with Gasteiger partial charge < -0.3 is 9.55 Å². The number of H-pyrrole nitrogens is 1. The summed E-state index contributed by atoms with van der Waals surface area (Å²) in [6.45, 7) is 1.93. The molecule has 0 saturated heterocycles. The van der Waals surface area contributed by atoms with Crippen molar-refractivity contribution in [3.63, 3.8) is 0 Å². The van der Waals surface area contributed by atoms with E-state index in [1.165, 1.54) is 6.20 Å². The number of benzene rings is 2. The summed E-state index contributed by atoms with van der Waals surface area (Å²) in [6.07, 6.45) is 7.16. The highest BCUT2D eigenvalue weighted by atomic mass is 32.2. The number of fused-ring (bicyclic) bond motifs is 2. The maximum absolute atomic E-state index is 13.5. The topological polar surface area (TPSA) is 80.6 Å². The molecule has 172 valence electrons. The average Bonchev–Trinajstić information content (AvgIpc) is 3.45. The predicted octanol–water partition coefficient (Wildman–Crippen LogP) is 5.92. The number of pyridine rings is 2. The lowest BCUT2D eigenvalue weighted by atomic mass is 10.0. The molecule has 7 heteroatoms. The van der Waals surface area contributed by atoms with E-state index < -0.39 is 9.84 Å². The molecule has 0 unspecified atom stereocenters. The molecule has 0 atom stereocenters.